The fraction of sp³-hybridized carbons (Fsp3) is 0.182. The van der Waals surface area contributed by atoms with Crippen LogP contribution in [0.5, 0.6) is 0 Å². The van der Waals surface area contributed by atoms with E-state index in [0.717, 1.165) is 27.8 Å². The van der Waals surface area contributed by atoms with Gasteiger partial charge in [0.2, 0.25) is 5.71 Å². The summed E-state index contributed by atoms with van der Waals surface area (Å²) in [6, 6.07) is 20.2. The van der Waals surface area contributed by atoms with Crippen molar-refractivity contribution in [3.8, 4) is 22.5 Å². The molecule has 0 amide bonds. The van der Waals surface area contributed by atoms with Gasteiger partial charge in [-0.25, -0.2) is 9.97 Å². The monoisotopic (exact) mass is 359 g/mol. The fourth-order valence-electron chi connectivity index (χ4n) is 3.22. The van der Waals surface area contributed by atoms with Crippen molar-refractivity contribution >= 4 is 16.9 Å². The van der Waals surface area contributed by atoms with E-state index in [9.17, 15) is 5.11 Å². The molecule has 2 aromatic heterocycles. The Balaban J connectivity index is 1.96. The first kappa shape index (κ1) is 17.2. The van der Waals surface area contributed by atoms with Crippen LogP contribution < -0.4 is 5.32 Å². The molecule has 0 bridgehead atoms. The third kappa shape index (κ3) is 3.41. The van der Waals surface area contributed by atoms with Crippen molar-refractivity contribution in [3.05, 3.63) is 67.0 Å². The second-order valence-corrected chi connectivity index (χ2v) is 6.50. The molecule has 0 aliphatic heterocycles. The highest BCUT2D eigenvalue weighted by atomic mass is 16.3. The third-order valence-corrected chi connectivity index (χ3v) is 4.53. The number of aliphatic hydroxyl groups is 1. The standard InChI is InChI=1S/C22H21N3O2/c1-15(12-13-26)25-21-19-18(16-8-4-2-5-9-16)20(17-10-6-3-7-11-17)27-22(19)24-14-23-21/h2-11,14-15,26H,12-13H2,1H3,(H,23,24,25). The molecule has 0 aliphatic carbocycles. The molecule has 0 aliphatic rings. The van der Waals surface area contributed by atoms with E-state index in [-0.39, 0.29) is 12.6 Å². The van der Waals surface area contributed by atoms with Gasteiger partial charge in [0.05, 0.1) is 5.39 Å². The van der Waals surface area contributed by atoms with Gasteiger partial charge in [-0.2, -0.15) is 0 Å². The molecule has 2 aromatic carbocycles. The Morgan fingerprint density at radius 3 is 2.30 bits per heavy atom. The summed E-state index contributed by atoms with van der Waals surface area (Å²) in [5.74, 6) is 1.49. The SMILES string of the molecule is CC(CCO)Nc1ncnc2oc(-c3ccccc3)c(-c3ccccc3)c12. The van der Waals surface area contributed by atoms with Gasteiger partial charge in [-0.15, -0.1) is 0 Å². The van der Waals surface area contributed by atoms with Gasteiger partial charge < -0.3 is 14.8 Å². The highest BCUT2D eigenvalue weighted by Gasteiger charge is 2.22. The normalized spacial score (nSPS) is 12.2. The molecule has 1 unspecified atom stereocenters. The van der Waals surface area contributed by atoms with Gasteiger partial charge in [-0.05, 0) is 18.9 Å². The molecule has 0 saturated heterocycles. The first-order valence-corrected chi connectivity index (χ1v) is 9.03. The topological polar surface area (TPSA) is 71.2 Å². The maximum atomic E-state index is 9.22. The molecular formula is C22H21N3O2. The Kier molecular flexibility index (Phi) is 4.85. The predicted octanol–water partition coefficient (Wildman–Crippen LogP) is 4.74. The van der Waals surface area contributed by atoms with Crippen molar-refractivity contribution in [2.45, 2.75) is 19.4 Å². The Morgan fingerprint density at radius 1 is 0.963 bits per heavy atom. The number of hydrogen-bond donors (Lipinski definition) is 2. The lowest BCUT2D eigenvalue weighted by Gasteiger charge is -2.14. The van der Waals surface area contributed by atoms with Crippen molar-refractivity contribution < 1.29 is 9.52 Å². The average Bonchev–Trinajstić information content (AvgIpc) is 3.10. The largest absolute Gasteiger partial charge is 0.437 e. The number of nitrogens with one attached hydrogen (secondary N) is 1. The summed E-state index contributed by atoms with van der Waals surface area (Å²) < 4.78 is 6.18. The van der Waals surface area contributed by atoms with Gasteiger partial charge in [0.15, 0.2) is 0 Å². The first-order valence-electron chi connectivity index (χ1n) is 9.03. The molecule has 4 aromatic rings. The molecular weight excluding hydrogens is 338 g/mol. The van der Waals surface area contributed by atoms with E-state index in [2.05, 4.69) is 27.4 Å². The molecule has 5 nitrogen and oxygen atoms in total. The van der Waals surface area contributed by atoms with E-state index in [4.69, 9.17) is 4.42 Å². The fourth-order valence-corrected chi connectivity index (χ4v) is 3.22. The van der Waals surface area contributed by atoms with Crippen LogP contribution in [-0.4, -0.2) is 27.7 Å². The number of nitrogens with zero attached hydrogens (tertiary/aromatic N) is 2. The number of hydrogen-bond acceptors (Lipinski definition) is 5. The predicted molar refractivity (Wildman–Crippen MR) is 107 cm³/mol. The van der Waals surface area contributed by atoms with E-state index in [1.54, 1.807) is 0 Å². The Bertz CT molecular complexity index is 1030. The van der Waals surface area contributed by atoms with Crippen LogP contribution in [0.4, 0.5) is 5.82 Å². The molecule has 0 saturated carbocycles. The summed E-state index contributed by atoms with van der Waals surface area (Å²) in [5.41, 5.74) is 3.55. The van der Waals surface area contributed by atoms with Gasteiger partial charge in [0, 0.05) is 23.8 Å². The Labute approximate surface area is 157 Å². The smallest absolute Gasteiger partial charge is 0.232 e. The van der Waals surface area contributed by atoms with Crippen LogP contribution in [-0.2, 0) is 0 Å². The molecule has 0 fully saturated rings. The number of fused-ring (bicyclic) bond motifs is 1. The number of anilines is 1. The number of aromatic nitrogens is 2. The minimum atomic E-state index is 0.0757. The summed E-state index contributed by atoms with van der Waals surface area (Å²) in [5, 5.41) is 13.5. The lowest BCUT2D eigenvalue weighted by molar-refractivity contribution is 0.282. The Hall–Kier alpha value is -3.18. The van der Waals surface area contributed by atoms with Crippen molar-refractivity contribution in [3.63, 3.8) is 0 Å². The summed E-state index contributed by atoms with van der Waals surface area (Å²) in [4.78, 5) is 8.82. The van der Waals surface area contributed by atoms with Crippen LogP contribution in [0.15, 0.2) is 71.4 Å². The highest BCUT2D eigenvalue weighted by molar-refractivity contribution is 6.05. The number of furan rings is 1. The van der Waals surface area contributed by atoms with Crippen LogP contribution in [0.25, 0.3) is 33.6 Å². The van der Waals surface area contributed by atoms with Crippen molar-refractivity contribution in [1.29, 1.82) is 0 Å². The number of benzene rings is 2. The van der Waals surface area contributed by atoms with Gasteiger partial charge in [0.1, 0.15) is 17.9 Å². The molecule has 2 N–H and O–H groups in total. The summed E-state index contributed by atoms with van der Waals surface area (Å²) in [7, 11) is 0. The lowest BCUT2D eigenvalue weighted by atomic mass is 9.99. The molecule has 2 heterocycles. The van der Waals surface area contributed by atoms with Crippen molar-refractivity contribution in [1.82, 2.24) is 9.97 Å². The maximum Gasteiger partial charge on any atom is 0.232 e. The second-order valence-electron chi connectivity index (χ2n) is 6.50. The van der Waals surface area contributed by atoms with Crippen LogP contribution in [0.1, 0.15) is 13.3 Å². The van der Waals surface area contributed by atoms with Gasteiger partial charge in [-0.1, -0.05) is 60.7 Å². The Morgan fingerprint density at radius 2 is 1.63 bits per heavy atom. The number of aliphatic hydroxyl groups excluding tert-OH is 1. The molecule has 0 spiro atoms. The highest BCUT2D eigenvalue weighted by Crippen LogP contribution is 2.42. The molecule has 27 heavy (non-hydrogen) atoms. The van der Waals surface area contributed by atoms with E-state index in [1.165, 1.54) is 6.33 Å². The zero-order valence-electron chi connectivity index (χ0n) is 15.1. The van der Waals surface area contributed by atoms with Crippen LogP contribution in [0.2, 0.25) is 0 Å². The second kappa shape index (κ2) is 7.60. The molecule has 4 rings (SSSR count). The number of rotatable bonds is 6. The molecule has 5 heteroatoms. The average molecular weight is 359 g/mol. The zero-order valence-corrected chi connectivity index (χ0v) is 15.1. The minimum absolute atomic E-state index is 0.0757. The van der Waals surface area contributed by atoms with Crippen LogP contribution in [0, 0.1) is 0 Å². The maximum absolute atomic E-state index is 9.22. The summed E-state index contributed by atoms with van der Waals surface area (Å²) in [6.07, 6.45) is 2.14. The van der Waals surface area contributed by atoms with Gasteiger partial charge >= 0.3 is 0 Å². The first-order chi connectivity index (χ1) is 13.3. The van der Waals surface area contributed by atoms with E-state index < -0.39 is 0 Å². The molecule has 136 valence electrons. The van der Waals surface area contributed by atoms with Crippen molar-refractivity contribution in [2.75, 3.05) is 11.9 Å². The molecule has 1 atom stereocenters. The van der Waals surface area contributed by atoms with E-state index in [0.29, 0.717) is 18.0 Å². The van der Waals surface area contributed by atoms with Crippen LogP contribution >= 0.6 is 0 Å². The van der Waals surface area contributed by atoms with E-state index in [1.807, 2.05) is 55.5 Å². The zero-order chi connectivity index (χ0) is 18.6. The van der Waals surface area contributed by atoms with E-state index >= 15 is 0 Å². The lowest BCUT2D eigenvalue weighted by Crippen LogP contribution is -2.17. The van der Waals surface area contributed by atoms with Crippen LogP contribution in [0.3, 0.4) is 0 Å². The minimum Gasteiger partial charge on any atom is -0.437 e. The van der Waals surface area contributed by atoms with Gasteiger partial charge in [0.25, 0.3) is 0 Å². The summed E-state index contributed by atoms with van der Waals surface area (Å²) in [6.45, 7) is 2.14. The molecule has 0 radical (unpaired) electrons. The van der Waals surface area contributed by atoms with Crippen molar-refractivity contribution in [2.24, 2.45) is 0 Å². The quantitative estimate of drug-likeness (QED) is 0.520. The van der Waals surface area contributed by atoms with Gasteiger partial charge in [-0.3, -0.25) is 0 Å². The summed E-state index contributed by atoms with van der Waals surface area (Å²) >= 11 is 0. The third-order valence-electron chi connectivity index (χ3n) is 4.53.